The molecule has 5 N–H and O–H groups in total. The highest BCUT2D eigenvalue weighted by atomic mass is 16.2. The number of hydrogen-bond acceptors (Lipinski definition) is 7. The van der Waals surface area contributed by atoms with Crippen molar-refractivity contribution in [3.05, 3.63) is 53.5 Å². The zero-order valence-electron chi connectivity index (χ0n) is 15.6. The Morgan fingerprint density at radius 2 is 2.00 bits per heavy atom. The molecule has 0 radical (unpaired) electrons. The van der Waals surface area contributed by atoms with E-state index in [9.17, 15) is 4.79 Å². The topological polar surface area (TPSA) is 125 Å². The number of aryl methyl sites for hydroxylation is 1. The van der Waals surface area contributed by atoms with Crippen LogP contribution in [0.4, 0.5) is 23.1 Å². The maximum absolute atomic E-state index is 11.9. The predicted octanol–water partition coefficient (Wildman–Crippen LogP) is 1.84. The standard InChI is InChI=1S/C19H22N8O/c1-12-6-16(26-25-12)23-18-10-21-9-17(24-18)22-15-3-2-13-4-5-27(19(28)8-20)11-14(13)7-15/h2-3,6-7,9-10H,4-5,8,11,20H2,1H3,(H3,22,23,24,25,26). The highest BCUT2D eigenvalue weighted by Gasteiger charge is 2.19. The number of hydrogen-bond donors (Lipinski definition) is 4. The van der Waals surface area contributed by atoms with E-state index in [0.29, 0.717) is 30.5 Å². The molecule has 0 saturated carbocycles. The zero-order valence-corrected chi connectivity index (χ0v) is 15.6. The molecule has 0 atom stereocenters. The summed E-state index contributed by atoms with van der Waals surface area (Å²) in [5.41, 5.74) is 9.71. The second kappa shape index (κ2) is 7.65. The summed E-state index contributed by atoms with van der Waals surface area (Å²) in [6.45, 7) is 3.26. The molecule has 0 unspecified atom stereocenters. The van der Waals surface area contributed by atoms with Crippen molar-refractivity contribution in [1.82, 2.24) is 25.1 Å². The summed E-state index contributed by atoms with van der Waals surface area (Å²) in [5, 5.41) is 13.4. The van der Waals surface area contributed by atoms with Gasteiger partial charge in [0.1, 0.15) is 0 Å². The smallest absolute Gasteiger partial charge is 0.236 e. The number of carbonyl (C=O) groups excluding carboxylic acids is 1. The lowest BCUT2D eigenvalue weighted by Crippen LogP contribution is -2.39. The Bertz CT molecular complexity index is 999. The van der Waals surface area contributed by atoms with Crippen LogP contribution in [-0.2, 0) is 17.8 Å². The summed E-state index contributed by atoms with van der Waals surface area (Å²) in [5.74, 6) is 1.86. The van der Waals surface area contributed by atoms with Crippen molar-refractivity contribution in [3.63, 3.8) is 0 Å². The van der Waals surface area contributed by atoms with E-state index in [1.165, 1.54) is 5.56 Å². The van der Waals surface area contributed by atoms with Crippen LogP contribution in [0.5, 0.6) is 0 Å². The molecule has 0 fully saturated rings. The van der Waals surface area contributed by atoms with Crippen molar-refractivity contribution in [2.45, 2.75) is 19.9 Å². The minimum Gasteiger partial charge on any atom is -0.339 e. The van der Waals surface area contributed by atoms with Gasteiger partial charge in [0.2, 0.25) is 5.91 Å². The molecular weight excluding hydrogens is 356 g/mol. The van der Waals surface area contributed by atoms with Gasteiger partial charge in [-0.05, 0) is 36.6 Å². The van der Waals surface area contributed by atoms with E-state index in [1.54, 1.807) is 17.3 Å². The van der Waals surface area contributed by atoms with Crippen LogP contribution in [-0.4, -0.2) is 44.1 Å². The molecule has 1 amide bonds. The number of fused-ring (bicyclic) bond motifs is 1. The van der Waals surface area contributed by atoms with Crippen molar-refractivity contribution < 1.29 is 4.79 Å². The molecule has 2 aromatic heterocycles. The maximum atomic E-state index is 11.9. The fourth-order valence-corrected chi connectivity index (χ4v) is 3.22. The van der Waals surface area contributed by atoms with Crippen LogP contribution in [0.2, 0.25) is 0 Å². The molecule has 9 nitrogen and oxygen atoms in total. The molecule has 28 heavy (non-hydrogen) atoms. The van der Waals surface area contributed by atoms with Gasteiger partial charge in [-0.1, -0.05) is 6.07 Å². The fraction of sp³-hybridized carbons (Fsp3) is 0.263. The lowest BCUT2D eigenvalue weighted by molar-refractivity contribution is -0.130. The zero-order chi connectivity index (χ0) is 19.5. The maximum Gasteiger partial charge on any atom is 0.236 e. The first-order chi connectivity index (χ1) is 13.6. The first-order valence-electron chi connectivity index (χ1n) is 9.08. The Balaban J connectivity index is 1.49. The quantitative estimate of drug-likeness (QED) is 0.534. The Labute approximate surface area is 162 Å². The molecule has 3 heterocycles. The van der Waals surface area contributed by atoms with E-state index in [4.69, 9.17) is 5.73 Å². The third-order valence-electron chi connectivity index (χ3n) is 4.61. The molecule has 0 saturated heterocycles. The lowest BCUT2D eigenvalue weighted by Gasteiger charge is -2.29. The third-order valence-corrected chi connectivity index (χ3v) is 4.61. The predicted molar refractivity (Wildman–Crippen MR) is 107 cm³/mol. The average molecular weight is 378 g/mol. The van der Waals surface area contributed by atoms with Gasteiger partial charge in [-0.15, -0.1) is 0 Å². The number of nitrogens with one attached hydrogen (secondary N) is 3. The van der Waals surface area contributed by atoms with Crippen LogP contribution >= 0.6 is 0 Å². The number of amides is 1. The van der Waals surface area contributed by atoms with Gasteiger partial charge < -0.3 is 21.3 Å². The van der Waals surface area contributed by atoms with E-state index < -0.39 is 0 Å². The van der Waals surface area contributed by atoms with Gasteiger partial charge in [-0.3, -0.25) is 14.9 Å². The van der Waals surface area contributed by atoms with Crippen LogP contribution in [0.1, 0.15) is 16.8 Å². The number of carbonyl (C=O) groups is 1. The Hall–Kier alpha value is -3.46. The summed E-state index contributed by atoms with van der Waals surface area (Å²) in [6.07, 6.45) is 4.13. The van der Waals surface area contributed by atoms with Crippen molar-refractivity contribution in [2.75, 3.05) is 23.7 Å². The Morgan fingerprint density at radius 1 is 1.18 bits per heavy atom. The highest BCUT2D eigenvalue weighted by Crippen LogP contribution is 2.25. The monoisotopic (exact) mass is 378 g/mol. The van der Waals surface area contributed by atoms with Crippen molar-refractivity contribution in [1.29, 1.82) is 0 Å². The molecule has 0 spiro atoms. The summed E-state index contributed by atoms with van der Waals surface area (Å²) >= 11 is 0. The van der Waals surface area contributed by atoms with Crippen LogP contribution in [0.25, 0.3) is 0 Å². The third kappa shape index (κ3) is 3.94. The SMILES string of the molecule is Cc1cc(Nc2cncc(Nc3ccc4c(c3)CN(C(=O)CN)CC4)n2)n[nH]1. The number of nitrogens with two attached hydrogens (primary N) is 1. The summed E-state index contributed by atoms with van der Waals surface area (Å²) < 4.78 is 0. The Kier molecular flexibility index (Phi) is 4.90. The number of aromatic amines is 1. The molecule has 0 aliphatic carbocycles. The minimum absolute atomic E-state index is 0.0257. The van der Waals surface area contributed by atoms with Gasteiger partial charge >= 0.3 is 0 Å². The van der Waals surface area contributed by atoms with Crippen LogP contribution in [0, 0.1) is 6.92 Å². The van der Waals surface area contributed by atoms with Crippen molar-refractivity contribution in [3.8, 4) is 0 Å². The van der Waals surface area contributed by atoms with E-state index in [1.807, 2.05) is 25.1 Å². The highest BCUT2D eigenvalue weighted by molar-refractivity contribution is 5.78. The number of nitrogens with zero attached hydrogens (tertiary/aromatic N) is 4. The molecule has 4 rings (SSSR count). The number of anilines is 4. The van der Waals surface area contributed by atoms with Crippen LogP contribution in [0.15, 0.2) is 36.7 Å². The van der Waals surface area contributed by atoms with E-state index in [-0.39, 0.29) is 12.5 Å². The van der Waals surface area contributed by atoms with Gasteiger partial charge in [0, 0.05) is 30.5 Å². The molecule has 1 aliphatic heterocycles. The van der Waals surface area contributed by atoms with Crippen molar-refractivity contribution >= 4 is 29.0 Å². The summed E-state index contributed by atoms with van der Waals surface area (Å²) in [4.78, 5) is 22.4. The van der Waals surface area contributed by atoms with Gasteiger partial charge in [0.15, 0.2) is 17.5 Å². The normalized spacial score (nSPS) is 13.1. The Morgan fingerprint density at radius 3 is 2.75 bits per heavy atom. The van der Waals surface area contributed by atoms with E-state index in [0.717, 1.165) is 23.4 Å². The van der Waals surface area contributed by atoms with Gasteiger partial charge in [-0.25, -0.2) is 4.98 Å². The van der Waals surface area contributed by atoms with Gasteiger partial charge in [0.25, 0.3) is 0 Å². The second-order valence-electron chi connectivity index (χ2n) is 6.73. The largest absolute Gasteiger partial charge is 0.339 e. The molecule has 9 heteroatoms. The molecule has 1 aliphatic rings. The first kappa shape index (κ1) is 17.9. The fourth-order valence-electron chi connectivity index (χ4n) is 3.22. The molecule has 3 aromatic rings. The van der Waals surface area contributed by atoms with Crippen molar-refractivity contribution in [2.24, 2.45) is 5.73 Å². The molecule has 0 bridgehead atoms. The number of H-pyrrole nitrogens is 1. The molecule has 1 aromatic carbocycles. The second-order valence-corrected chi connectivity index (χ2v) is 6.73. The average Bonchev–Trinajstić information content (AvgIpc) is 3.11. The first-order valence-corrected chi connectivity index (χ1v) is 9.08. The molecular formula is C19H22N8O. The van der Waals surface area contributed by atoms with Crippen LogP contribution < -0.4 is 16.4 Å². The van der Waals surface area contributed by atoms with Crippen LogP contribution in [0.3, 0.4) is 0 Å². The van der Waals surface area contributed by atoms with Gasteiger partial charge in [-0.2, -0.15) is 5.10 Å². The summed E-state index contributed by atoms with van der Waals surface area (Å²) in [7, 11) is 0. The van der Waals surface area contributed by atoms with E-state index in [2.05, 4.69) is 36.9 Å². The van der Waals surface area contributed by atoms with Gasteiger partial charge in [0.05, 0.1) is 18.9 Å². The number of aromatic nitrogens is 4. The number of benzene rings is 1. The summed E-state index contributed by atoms with van der Waals surface area (Å²) in [6, 6.07) is 8.03. The lowest BCUT2D eigenvalue weighted by atomic mass is 9.99. The van der Waals surface area contributed by atoms with E-state index >= 15 is 0 Å². The minimum atomic E-state index is -0.0257. The molecule has 144 valence electrons. The number of rotatable bonds is 5.